The van der Waals surface area contributed by atoms with E-state index in [-0.39, 0.29) is 17.8 Å². The van der Waals surface area contributed by atoms with Crippen LogP contribution < -0.4 is 10.6 Å². The van der Waals surface area contributed by atoms with Gasteiger partial charge < -0.3 is 10.6 Å². The number of imidazole rings is 1. The molecule has 0 saturated heterocycles. The van der Waals surface area contributed by atoms with Crippen molar-refractivity contribution in [2.24, 2.45) is 0 Å². The van der Waals surface area contributed by atoms with Crippen LogP contribution in [0, 0.1) is 5.82 Å². The molecule has 3 heterocycles. The Morgan fingerprint density at radius 3 is 2.68 bits per heavy atom. The van der Waals surface area contributed by atoms with E-state index in [9.17, 15) is 9.18 Å². The van der Waals surface area contributed by atoms with Gasteiger partial charge in [0.05, 0.1) is 23.8 Å². The van der Waals surface area contributed by atoms with Gasteiger partial charge in [-0.2, -0.15) is 5.10 Å². The second-order valence-corrected chi connectivity index (χ2v) is 7.90. The number of amides is 2. The number of nitrogens with zero attached hydrogens (tertiary/aromatic N) is 3. The van der Waals surface area contributed by atoms with Gasteiger partial charge in [-0.15, -0.1) is 0 Å². The SMILES string of the molecule is O=C(Nc1ccc(-c2cnc3ccc(-c4cn[nH]c4)cn23)cc1F)NC1CCCCC1. The van der Waals surface area contributed by atoms with Crippen LogP contribution in [0.2, 0.25) is 0 Å². The summed E-state index contributed by atoms with van der Waals surface area (Å²) in [6, 6.07) is 8.47. The first kappa shape index (κ1) is 19.3. The summed E-state index contributed by atoms with van der Waals surface area (Å²) < 4.78 is 16.7. The van der Waals surface area contributed by atoms with Crippen molar-refractivity contribution >= 4 is 17.4 Å². The van der Waals surface area contributed by atoms with E-state index in [1.165, 1.54) is 12.5 Å². The molecule has 2 amide bonds. The molecule has 0 unspecified atom stereocenters. The summed E-state index contributed by atoms with van der Waals surface area (Å²) in [6.45, 7) is 0. The number of aromatic amines is 1. The smallest absolute Gasteiger partial charge is 0.319 e. The van der Waals surface area contributed by atoms with Gasteiger partial charge in [-0.1, -0.05) is 25.3 Å². The first-order chi connectivity index (χ1) is 15.2. The van der Waals surface area contributed by atoms with Gasteiger partial charge in [0.1, 0.15) is 11.5 Å². The standard InChI is InChI=1S/C23H23FN6O/c24-19-10-15(6-8-20(19)29-23(31)28-18-4-2-1-3-5-18)21-13-25-22-9-7-16(14-30(21)22)17-11-26-27-12-17/h6-14,18H,1-5H2,(H,26,27)(H2,28,29,31). The largest absolute Gasteiger partial charge is 0.335 e. The van der Waals surface area contributed by atoms with Crippen LogP contribution in [0.4, 0.5) is 14.9 Å². The molecule has 0 radical (unpaired) electrons. The van der Waals surface area contributed by atoms with E-state index in [1.807, 2.05) is 28.9 Å². The number of carbonyl (C=O) groups is 1. The van der Waals surface area contributed by atoms with Gasteiger partial charge in [0, 0.05) is 35.1 Å². The zero-order valence-electron chi connectivity index (χ0n) is 16.9. The number of hydrogen-bond donors (Lipinski definition) is 3. The predicted molar refractivity (Wildman–Crippen MR) is 117 cm³/mol. The number of halogens is 1. The first-order valence-electron chi connectivity index (χ1n) is 10.5. The van der Waals surface area contributed by atoms with Gasteiger partial charge in [-0.3, -0.25) is 9.50 Å². The normalized spacial score (nSPS) is 14.6. The Morgan fingerprint density at radius 1 is 1.06 bits per heavy atom. The summed E-state index contributed by atoms with van der Waals surface area (Å²) in [5.74, 6) is -0.489. The average molecular weight is 418 g/mol. The lowest BCUT2D eigenvalue weighted by atomic mass is 9.96. The molecule has 5 rings (SSSR count). The minimum absolute atomic E-state index is 0.157. The maximum absolute atomic E-state index is 14.8. The van der Waals surface area contributed by atoms with Crippen molar-refractivity contribution in [1.29, 1.82) is 0 Å². The quantitative estimate of drug-likeness (QED) is 0.437. The fourth-order valence-corrected chi connectivity index (χ4v) is 4.14. The highest BCUT2D eigenvalue weighted by Crippen LogP contribution is 2.27. The third kappa shape index (κ3) is 4.01. The second-order valence-electron chi connectivity index (χ2n) is 7.90. The number of H-pyrrole nitrogens is 1. The topological polar surface area (TPSA) is 87.1 Å². The van der Waals surface area contributed by atoms with Crippen molar-refractivity contribution in [2.75, 3.05) is 5.32 Å². The number of carbonyl (C=O) groups excluding carboxylic acids is 1. The van der Waals surface area contributed by atoms with Crippen molar-refractivity contribution in [3.8, 4) is 22.4 Å². The highest BCUT2D eigenvalue weighted by atomic mass is 19.1. The van der Waals surface area contributed by atoms with Crippen LogP contribution in [0.3, 0.4) is 0 Å². The van der Waals surface area contributed by atoms with Gasteiger partial charge in [0.15, 0.2) is 0 Å². The predicted octanol–water partition coefficient (Wildman–Crippen LogP) is 4.98. The third-order valence-electron chi connectivity index (χ3n) is 5.79. The lowest BCUT2D eigenvalue weighted by Gasteiger charge is -2.23. The summed E-state index contributed by atoms with van der Waals surface area (Å²) in [4.78, 5) is 16.7. The van der Waals surface area contributed by atoms with Gasteiger partial charge in [-0.05, 0) is 37.1 Å². The number of urea groups is 1. The third-order valence-corrected chi connectivity index (χ3v) is 5.79. The molecule has 3 N–H and O–H groups in total. The van der Waals surface area contributed by atoms with Gasteiger partial charge in [0.25, 0.3) is 0 Å². The number of nitrogens with one attached hydrogen (secondary N) is 3. The number of hydrogen-bond acceptors (Lipinski definition) is 3. The number of pyridine rings is 1. The number of aromatic nitrogens is 4. The minimum atomic E-state index is -0.489. The molecule has 0 spiro atoms. The van der Waals surface area contributed by atoms with E-state index in [0.29, 0.717) is 5.56 Å². The molecule has 158 valence electrons. The van der Waals surface area contributed by atoms with E-state index in [4.69, 9.17) is 0 Å². The van der Waals surface area contributed by atoms with Gasteiger partial charge >= 0.3 is 6.03 Å². The fraction of sp³-hybridized carbons (Fsp3) is 0.261. The summed E-state index contributed by atoms with van der Waals surface area (Å²) >= 11 is 0. The molecule has 0 atom stereocenters. The molecule has 1 fully saturated rings. The van der Waals surface area contributed by atoms with Crippen LogP contribution in [0.25, 0.3) is 28.0 Å². The van der Waals surface area contributed by atoms with Crippen LogP contribution in [0.15, 0.2) is 55.1 Å². The molecule has 1 aliphatic carbocycles. The zero-order valence-corrected chi connectivity index (χ0v) is 16.9. The molecular formula is C23H23FN6O. The van der Waals surface area contributed by atoms with Crippen LogP contribution in [-0.4, -0.2) is 31.7 Å². The summed E-state index contributed by atoms with van der Waals surface area (Å²) in [6.07, 6.45) is 12.6. The van der Waals surface area contributed by atoms with Crippen LogP contribution in [0.5, 0.6) is 0 Å². The van der Waals surface area contributed by atoms with Crippen molar-refractivity contribution < 1.29 is 9.18 Å². The van der Waals surface area contributed by atoms with E-state index < -0.39 is 5.82 Å². The number of benzene rings is 1. The number of anilines is 1. The molecule has 1 aromatic carbocycles. The minimum Gasteiger partial charge on any atom is -0.335 e. The Balaban J connectivity index is 1.37. The second kappa shape index (κ2) is 8.22. The van der Waals surface area contributed by atoms with Crippen LogP contribution >= 0.6 is 0 Å². The van der Waals surface area contributed by atoms with Crippen LogP contribution in [0.1, 0.15) is 32.1 Å². The van der Waals surface area contributed by atoms with E-state index in [0.717, 1.165) is 48.2 Å². The highest BCUT2D eigenvalue weighted by molar-refractivity contribution is 5.90. The average Bonchev–Trinajstić information content (AvgIpc) is 3.45. The number of fused-ring (bicyclic) bond motifs is 1. The molecule has 7 nitrogen and oxygen atoms in total. The molecule has 31 heavy (non-hydrogen) atoms. The molecule has 1 aliphatic rings. The summed E-state index contributed by atoms with van der Waals surface area (Å²) in [5.41, 5.74) is 4.28. The Hall–Kier alpha value is -3.68. The van der Waals surface area contributed by atoms with Crippen molar-refractivity contribution in [3.63, 3.8) is 0 Å². The van der Waals surface area contributed by atoms with E-state index >= 15 is 0 Å². The molecule has 1 saturated carbocycles. The lowest BCUT2D eigenvalue weighted by Crippen LogP contribution is -2.39. The molecule has 0 aliphatic heterocycles. The summed E-state index contributed by atoms with van der Waals surface area (Å²) in [7, 11) is 0. The molecule has 8 heteroatoms. The lowest BCUT2D eigenvalue weighted by molar-refractivity contribution is 0.244. The van der Waals surface area contributed by atoms with Crippen molar-refractivity contribution in [2.45, 2.75) is 38.1 Å². The maximum atomic E-state index is 14.8. The molecule has 4 aromatic rings. The highest BCUT2D eigenvalue weighted by Gasteiger charge is 2.17. The van der Waals surface area contributed by atoms with E-state index in [2.05, 4.69) is 25.8 Å². The molecule has 0 bridgehead atoms. The Kier molecular flexibility index (Phi) is 5.11. The monoisotopic (exact) mass is 418 g/mol. The Morgan fingerprint density at radius 2 is 1.90 bits per heavy atom. The van der Waals surface area contributed by atoms with E-state index in [1.54, 1.807) is 24.5 Å². The van der Waals surface area contributed by atoms with Crippen LogP contribution in [-0.2, 0) is 0 Å². The Bertz CT molecular complexity index is 1210. The van der Waals surface area contributed by atoms with Crippen molar-refractivity contribution in [1.82, 2.24) is 24.9 Å². The van der Waals surface area contributed by atoms with Gasteiger partial charge in [-0.25, -0.2) is 14.2 Å². The maximum Gasteiger partial charge on any atom is 0.319 e. The number of rotatable bonds is 4. The fourth-order valence-electron chi connectivity index (χ4n) is 4.14. The first-order valence-corrected chi connectivity index (χ1v) is 10.5. The molecular weight excluding hydrogens is 395 g/mol. The van der Waals surface area contributed by atoms with Gasteiger partial charge in [0.2, 0.25) is 0 Å². The zero-order chi connectivity index (χ0) is 21.2. The summed E-state index contributed by atoms with van der Waals surface area (Å²) in [5, 5.41) is 12.4. The Labute approximate surface area is 178 Å². The van der Waals surface area contributed by atoms with Crippen molar-refractivity contribution in [3.05, 3.63) is 60.9 Å². The molecule has 3 aromatic heterocycles.